The molecule has 0 amide bonds. The van der Waals surface area contributed by atoms with E-state index in [2.05, 4.69) is 29.9 Å². The Hall–Kier alpha value is -1.18. The fourth-order valence-corrected chi connectivity index (χ4v) is 3.75. The molecule has 1 N–H and O–H groups in total. The van der Waals surface area contributed by atoms with Gasteiger partial charge in [0.1, 0.15) is 5.82 Å². The minimum absolute atomic E-state index is 0. The smallest absolute Gasteiger partial charge is 0.346 e. The SMILES string of the molecule is C=C1NC=C(C2=C3CCC(C3)C2)N1CCCCCC.[H+]. The minimum Gasteiger partial charge on any atom is -0.346 e. The van der Waals surface area contributed by atoms with Gasteiger partial charge in [-0.2, -0.15) is 0 Å². The molecule has 1 atom stereocenters. The normalized spacial score (nSPS) is 25.3. The van der Waals surface area contributed by atoms with Crippen molar-refractivity contribution in [1.29, 1.82) is 0 Å². The molecule has 0 aromatic rings. The van der Waals surface area contributed by atoms with Gasteiger partial charge in [0.15, 0.2) is 0 Å². The first kappa shape index (κ1) is 12.8. The summed E-state index contributed by atoms with van der Waals surface area (Å²) in [7, 11) is 0. The Morgan fingerprint density at radius 1 is 1.37 bits per heavy atom. The van der Waals surface area contributed by atoms with Crippen molar-refractivity contribution < 1.29 is 1.43 Å². The number of hydrogen-bond acceptors (Lipinski definition) is 2. The molecule has 3 aliphatic rings. The van der Waals surface area contributed by atoms with Crippen LogP contribution in [-0.4, -0.2) is 11.4 Å². The number of fused-ring (bicyclic) bond motifs is 2. The van der Waals surface area contributed by atoms with Crippen LogP contribution in [0.1, 0.15) is 59.7 Å². The Kier molecular flexibility index (Phi) is 3.67. The number of allylic oxidation sites excluding steroid dienone is 2. The second-order valence-corrected chi connectivity index (χ2v) is 6.23. The standard InChI is InChI=1S/C17H26N2/c1-3-4-5-6-9-19-13(2)18-12-17(19)16-11-14-7-8-15(16)10-14/h12,14,18H,2-11H2,1H3/p+1. The second kappa shape index (κ2) is 5.44. The van der Waals surface area contributed by atoms with Gasteiger partial charge in [-0.25, -0.2) is 0 Å². The Morgan fingerprint density at radius 2 is 2.26 bits per heavy atom. The van der Waals surface area contributed by atoms with Crippen LogP contribution in [0.4, 0.5) is 0 Å². The first-order valence-corrected chi connectivity index (χ1v) is 7.94. The second-order valence-electron chi connectivity index (χ2n) is 6.23. The number of nitrogens with one attached hydrogen (secondary N) is 1. The lowest BCUT2D eigenvalue weighted by molar-refractivity contribution is 0.414. The van der Waals surface area contributed by atoms with E-state index in [4.69, 9.17) is 0 Å². The minimum atomic E-state index is 0. The van der Waals surface area contributed by atoms with Gasteiger partial charge in [0.25, 0.3) is 0 Å². The van der Waals surface area contributed by atoms with E-state index in [1.54, 1.807) is 11.1 Å². The molecule has 1 aliphatic heterocycles. The van der Waals surface area contributed by atoms with Gasteiger partial charge < -0.3 is 10.2 Å². The van der Waals surface area contributed by atoms with E-state index in [0.29, 0.717) is 0 Å². The van der Waals surface area contributed by atoms with E-state index in [1.807, 2.05) is 0 Å². The molecule has 2 heteroatoms. The molecule has 0 aromatic heterocycles. The maximum absolute atomic E-state index is 4.16. The molecule has 104 valence electrons. The van der Waals surface area contributed by atoms with Crippen molar-refractivity contribution in [1.82, 2.24) is 10.2 Å². The fourth-order valence-electron chi connectivity index (χ4n) is 3.75. The van der Waals surface area contributed by atoms with Crippen LogP contribution in [0.3, 0.4) is 0 Å². The topological polar surface area (TPSA) is 15.3 Å². The van der Waals surface area contributed by atoms with Crippen molar-refractivity contribution >= 4 is 0 Å². The highest BCUT2D eigenvalue weighted by molar-refractivity contribution is 5.44. The Labute approximate surface area is 118 Å². The van der Waals surface area contributed by atoms with Crippen molar-refractivity contribution in [2.45, 2.75) is 58.3 Å². The van der Waals surface area contributed by atoms with Gasteiger partial charge in [0.05, 0.1) is 5.70 Å². The van der Waals surface area contributed by atoms with Crippen LogP contribution < -0.4 is 5.32 Å². The van der Waals surface area contributed by atoms with Crippen LogP contribution in [0.5, 0.6) is 0 Å². The molecule has 2 bridgehead atoms. The molecule has 1 heterocycles. The molecule has 2 aliphatic carbocycles. The first-order valence-electron chi connectivity index (χ1n) is 7.94. The van der Waals surface area contributed by atoms with Crippen LogP contribution in [0.15, 0.2) is 35.4 Å². The predicted octanol–water partition coefficient (Wildman–Crippen LogP) is 4.40. The van der Waals surface area contributed by atoms with Crippen molar-refractivity contribution in [3.8, 4) is 0 Å². The lowest BCUT2D eigenvalue weighted by atomic mass is 9.96. The van der Waals surface area contributed by atoms with Gasteiger partial charge in [-0.3, -0.25) is 0 Å². The molecular formula is C17H27N2+. The summed E-state index contributed by atoms with van der Waals surface area (Å²) >= 11 is 0. The zero-order chi connectivity index (χ0) is 13.2. The maximum atomic E-state index is 4.16. The Bertz CT molecular complexity index is 436. The van der Waals surface area contributed by atoms with Gasteiger partial charge in [-0.1, -0.05) is 38.3 Å². The predicted molar refractivity (Wildman–Crippen MR) is 81.3 cm³/mol. The van der Waals surface area contributed by atoms with Gasteiger partial charge in [0, 0.05) is 12.7 Å². The zero-order valence-corrected chi connectivity index (χ0v) is 12.2. The zero-order valence-electron chi connectivity index (χ0n) is 13.2. The molecule has 0 saturated heterocycles. The lowest BCUT2D eigenvalue weighted by Gasteiger charge is -2.25. The molecule has 3 rings (SSSR count). The van der Waals surface area contributed by atoms with Crippen molar-refractivity contribution in [2.75, 3.05) is 6.54 Å². The molecule has 1 unspecified atom stereocenters. The molecule has 0 spiro atoms. The van der Waals surface area contributed by atoms with E-state index in [1.165, 1.54) is 57.1 Å². The van der Waals surface area contributed by atoms with Crippen molar-refractivity contribution in [3.05, 3.63) is 35.4 Å². The maximum Gasteiger partial charge on any atom is 1.00 e. The summed E-state index contributed by atoms with van der Waals surface area (Å²) in [6.45, 7) is 7.55. The van der Waals surface area contributed by atoms with E-state index in [0.717, 1.165) is 18.3 Å². The highest BCUT2D eigenvalue weighted by atomic mass is 15.3. The van der Waals surface area contributed by atoms with E-state index in [-0.39, 0.29) is 1.43 Å². The lowest BCUT2D eigenvalue weighted by Crippen LogP contribution is -2.23. The summed E-state index contributed by atoms with van der Waals surface area (Å²) in [5.74, 6) is 2.02. The Morgan fingerprint density at radius 3 is 2.95 bits per heavy atom. The molecule has 1 saturated carbocycles. The molecule has 1 fully saturated rings. The largest absolute Gasteiger partial charge is 1.00 e. The molecule has 2 nitrogen and oxygen atoms in total. The van der Waals surface area contributed by atoms with Gasteiger partial charge >= 0.3 is 1.43 Å². The average Bonchev–Trinajstić information content (AvgIpc) is 3.10. The molecular weight excluding hydrogens is 232 g/mol. The van der Waals surface area contributed by atoms with Crippen LogP contribution in [-0.2, 0) is 0 Å². The van der Waals surface area contributed by atoms with Crippen LogP contribution in [0.2, 0.25) is 0 Å². The third-order valence-corrected chi connectivity index (χ3v) is 4.85. The summed E-state index contributed by atoms with van der Waals surface area (Å²) in [6.07, 6.45) is 12.9. The van der Waals surface area contributed by atoms with E-state index < -0.39 is 0 Å². The highest BCUT2D eigenvalue weighted by Gasteiger charge is 2.34. The van der Waals surface area contributed by atoms with Crippen LogP contribution >= 0.6 is 0 Å². The molecule has 0 aromatic carbocycles. The summed E-state index contributed by atoms with van der Waals surface area (Å²) < 4.78 is 0. The average molecular weight is 259 g/mol. The summed E-state index contributed by atoms with van der Waals surface area (Å²) in [4.78, 5) is 2.42. The molecule has 19 heavy (non-hydrogen) atoms. The van der Waals surface area contributed by atoms with Gasteiger partial charge in [-0.15, -0.1) is 0 Å². The molecule has 0 radical (unpaired) electrons. The third kappa shape index (κ3) is 2.45. The quantitative estimate of drug-likeness (QED) is 0.711. The summed E-state index contributed by atoms with van der Waals surface area (Å²) in [5, 5.41) is 3.33. The van der Waals surface area contributed by atoms with E-state index in [9.17, 15) is 0 Å². The van der Waals surface area contributed by atoms with Crippen molar-refractivity contribution in [2.24, 2.45) is 5.92 Å². The number of unbranched alkanes of at least 4 members (excludes halogenated alkanes) is 3. The van der Waals surface area contributed by atoms with Gasteiger partial charge in [-0.05, 0) is 43.6 Å². The van der Waals surface area contributed by atoms with Crippen LogP contribution in [0.25, 0.3) is 0 Å². The number of nitrogens with zero attached hydrogens (tertiary/aromatic N) is 1. The van der Waals surface area contributed by atoms with Crippen LogP contribution in [0, 0.1) is 5.92 Å². The van der Waals surface area contributed by atoms with Gasteiger partial charge in [0.2, 0.25) is 0 Å². The fraction of sp³-hybridized carbons (Fsp3) is 0.647. The Balaban J connectivity index is 0.00000147. The van der Waals surface area contributed by atoms with Crippen molar-refractivity contribution in [3.63, 3.8) is 0 Å². The number of hydrogen-bond donors (Lipinski definition) is 1. The highest BCUT2D eigenvalue weighted by Crippen LogP contribution is 2.47. The third-order valence-electron chi connectivity index (χ3n) is 4.85. The monoisotopic (exact) mass is 259 g/mol. The number of rotatable bonds is 6. The van der Waals surface area contributed by atoms with E-state index >= 15 is 0 Å². The first-order chi connectivity index (χ1) is 9.29. The summed E-state index contributed by atoms with van der Waals surface area (Å²) in [6, 6.07) is 0. The summed E-state index contributed by atoms with van der Waals surface area (Å²) in [5.41, 5.74) is 4.79.